The van der Waals surface area contributed by atoms with Crippen LogP contribution in [0.1, 0.15) is 39.7 Å². The molecule has 236 valence electrons. The molecule has 0 fully saturated rings. The van der Waals surface area contributed by atoms with Crippen LogP contribution in [0.25, 0.3) is 11.0 Å². The van der Waals surface area contributed by atoms with Crippen molar-refractivity contribution in [2.45, 2.75) is 32.0 Å². The highest BCUT2D eigenvalue weighted by atomic mass is 16.6. The van der Waals surface area contributed by atoms with Gasteiger partial charge in [-0.05, 0) is 47.0 Å². The van der Waals surface area contributed by atoms with Crippen molar-refractivity contribution in [2.75, 3.05) is 27.3 Å². The Kier molecular flexibility index (Phi) is 10.5. The largest absolute Gasteiger partial charge is 0.497 e. The van der Waals surface area contributed by atoms with Gasteiger partial charge in [0, 0.05) is 49.0 Å². The van der Waals surface area contributed by atoms with Crippen LogP contribution >= 0.6 is 0 Å². The van der Waals surface area contributed by atoms with E-state index in [4.69, 9.17) is 23.1 Å². The van der Waals surface area contributed by atoms with Gasteiger partial charge >= 0.3 is 0 Å². The summed E-state index contributed by atoms with van der Waals surface area (Å²) in [6, 6.07) is 39.7. The highest BCUT2D eigenvalue weighted by Gasteiger charge is 2.20. The lowest BCUT2D eigenvalue weighted by Crippen LogP contribution is -2.31. The molecule has 4 aromatic carbocycles. The second-order valence-corrected chi connectivity index (χ2v) is 11.3. The van der Waals surface area contributed by atoms with Crippen molar-refractivity contribution in [2.24, 2.45) is 0 Å². The van der Waals surface area contributed by atoms with Gasteiger partial charge in [-0.2, -0.15) is 5.48 Å². The molecule has 6 rings (SSSR count). The Bertz CT molecular complexity index is 1740. The monoisotopic (exact) mass is 616 g/mol. The molecule has 7 heteroatoms. The number of fused-ring (bicyclic) bond motifs is 1. The predicted octanol–water partition coefficient (Wildman–Crippen LogP) is 8.14. The molecule has 7 nitrogen and oxygen atoms in total. The van der Waals surface area contributed by atoms with Gasteiger partial charge in [0.15, 0.2) is 0 Å². The summed E-state index contributed by atoms with van der Waals surface area (Å²) < 4.78 is 22.9. The fraction of sp³-hybridized carbons (Fsp3) is 0.231. The SMILES string of the molecule is COc1ccc(CN(CCc2cc3ccc(CONCc4ccco4)cc3o2)CC(c2ccccc2)c2ccccc2)c(OC)c1. The maximum Gasteiger partial charge on any atom is 0.134 e. The molecule has 0 atom stereocenters. The zero-order chi connectivity index (χ0) is 31.6. The molecule has 0 spiro atoms. The van der Waals surface area contributed by atoms with Gasteiger partial charge in [-0.25, -0.2) is 0 Å². The van der Waals surface area contributed by atoms with Crippen LogP contribution in [0.4, 0.5) is 0 Å². The van der Waals surface area contributed by atoms with Gasteiger partial charge in [0.2, 0.25) is 0 Å². The molecule has 46 heavy (non-hydrogen) atoms. The van der Waals surface area contributed by atoms with Crippen LogP contribution in [0.3, 0.4) is 0 Å². The van der Waals surface area contributed by atoms with Crippen molar-refractivity contribution in [1.82, 2.24) is 10.4 Å². The van der Waals surface area contributed by atoms with Gasteiger partial charge < -0.3 is 18.3 Å². The lowest BCUT2D eigenvalue weighted by atomic mass is 9.90. The molecule has 0 radical (unpaired) electrons. The highest BCUT2D eigenvalue weighted by Crippen LogP contribution is 2.30. The van der Waals surface area contributed by atoms with Crippen molar-refractivity contribution < 1.29 is 23.1 Å². The topological polar surface area (TPSA) is 69.2 Å². The molecule has 1 N–H and O–H groups in total. The van der Waals surface area contributed by atoms with Crippen molar-refractivity contribution in [3.05, 3.63) is 155 Å². The molecular formula is C39H40N2O5. The second-order valence-electron chi connectivity index (χ2n) is 11.3. The number of benzene rings is 4. The van der Waals surface area contributed by atoms with Crippen molar-refractivity contribution in [3.63, 3.8) is 0 Å². The van der Waals surface area contributed by atoms with Crippen LogP contribution in [0.5, 0.6) is 11.5 Å². The third-order valence-corrected chi connectivity index (χ3v) is 8.21. The van der Waals surface area contributed by atoms with E-state index in [1.54, 1.807) is 20.5 Å². The maximum atomic E-state index is 6.37. The molecule has 0 amide bonds. The Hall–Kier alpha value is -4.82. The minimum atomic E-state index is 0.200. The lowest BCUT2D eigenvalue weighted by molar-refractivity contribution is 0.0202. The molecule has 2 heterocycles. The van der Waals surface area contributed by atoms with Gasteiger partial charge in [-0.1, -0.05) is 78.9 Å². The number of methoxy groups -OCH3 is 2. The van der Waals surface area contributed by atoms with Crippen molar-refractivity contribution in [1.29, 1.82) is 0 Å². The van der Waals surface area contributed by atoms with E-state index >= 15 is 0 Å². The van der Waals surface area contributed by atoms with Crippen LogP contribution in [-0.2, 0) is 31.0 Å². The summed E-state index contributed by atoms with van der Waals surface area (Å²) in [5.41, 5.74) is 8.53. The third kappa shape index (κ3) is 8.06. The smallest absolute Gasteiger partial charge is 0.134 e. The Morgan fingerprint density at radius 3 is 2.24 bits per heavy atom. The van der Waals surface area contributed by atoms with E-state index in [0.717, 1.165) is 71.2 Å². The normalized spacial score (nSPS) is 11.5. The Morgan fingerprint density at radius 1 is 0.761 bits per heavy atom. The number of ether oxygens (including phenoxy) is 2. The van der Waals surface area contributed by atoms with Crippen molar-refractivity contribution in [3.8, 4) is 11.5 Å². The minimum absolute atomic E-state index is 0.200. The van der Waals surface area contributed by atoms with Gasteiger partial charge in [0.25, 0.3) is 0 Å². The van der Waals surface area contributed by atoms with Gasteiger partial charge in [-0.15, -0.1) is 0 Å². The minimum Gasteiger partial charge on any atom is -0.497 e. The molecule has 0 aliphatic rings. The van der Waals surface area contributed by atoms with E-state index in [1.165, 1.54) is 11.1 Å². The molecule has 0 aliphatic carbocycles. The molecule has 0 bridgehead atoms. The van der Waals surface area contributed by atoms with Gasteiger partial charge in [-0.3, -0.25) is 9.74 Å². The van der Waals surface area contributed by atoms with Crippen LogP contribution in [-0.4, -0.2) is 32.2 Å². The van der Waals surface area contributed by atoms with E-state index in [-0.39, 0.29) is 5.92 Å². The summed E-state index contributed by atoms with van der Waals surface area (Å²) in [7, 11) is 3.39. The van der Waals surface area contributed by atoms with Crippen LogP contribution in [0, 0.1) is 0 Å². The van der Waals surface area contributed by atoms with Crippen LogP contribution in [0.2, 0.25) is 0 Å². The fourth-order valence-corrected chi connectivity index (χ4v) is 5.77. The summed E-state index contributed by atoms with van der Waals surface area (Å²) in [6.45, 7) is 3.28. The molecule has 6 aromatic rings. The molecule has 0 aliphatic heterocycles. The summed E-state index contributed by atoms with van der Waals surface area (Å²) in [4.78, 5) is 8.14. The fourth-order valence-electron chi connectivity index (χ4n) is 5.77. The maximum absolute atomic E-state index is 6.37. The summed E-state index contributed by atoms with van der Waals surface area (Å²) in [6.07, 6.45) is 2.42. The second kappa shape index (κ2) is 15.5. The first-order valence-corrected chi connectivity index (χ1v) is 15.6. The number of hydrogen-bond donors (Lipinski definition) is 1. The zero-order valence-electron chi connectivity index (χ0n) is 26.4. The number of rotatable bonds is 16. The average molecular weight is 617 g/mol. The van der Waals surface area contributed by atoms with E-state index in [1.807, 2.05) is 30.3 Å². The quantitative estimate of drug-likeness (QED) is 0.0870. The molecule has 0 saturated heterocycles. The standard InChI is InChI=1S/C39H40N2O5/c1-42-34-18-17-33(38(24-34)43-2)26-41(27-37(30-10-5-3-6-11-30)31-12-7-4-8-13-31)20-19-35-23-32-16-15-29(22-39(32)46-35)28-45-40-25-36-14-9-21-44-36/h3-18,21-24,37,40H,19-20,25-28H2,1-2H3. The Balaban J connectivity index is 1.19. The van der Waals surface area contributed by atoms with Gasteiger partial charge in [0.1, 0.15) is 28.6 Å². The predicted molar refractivity (Wildman–Crippen MR) is 180 cm³/mol. The molecular weight excluding hydrogens is 576 g/mol. The number of furan rings is 2. The first-order valence-electron chi connectivity index (χ1n) is 15.6. The van der Waals surface area contributed by atoms with E-state index in [2.05, 4.69) is 95.3 Å². The zero-order valence-corrected chi connectivity index (χ0v) is 26.4. The Labute approximate surface area is 270 Å². The summed E-state index contributed by atoms with van der Waals surface area (Å²) in [5, 5.41) is 1.08. The lowest BCUT2D eigenvalue weighted by Gasteiger charge is -2.29. The summed E-state index contributed by atoms with van der Waals surface area (Å²) in [5.74, 6) is 3.57. The molecule has 0 saturated carbocycles. The summed E-state index contributed by atoms with van der Waals surface area (Å²) >= 11 is 0. The van der Waals surface area contributed by atoms with Crippen LogP contribution < -0.4 is 15.0 Å². The first-order chi connectivity index (χ1) is 22.7. The third-order valence-electron chi connectivity index (χ3n) is 8.21. The number of hydrogen-bond acceptors (Lipinski definition) is 7. The molecule has 0 unspecified atom stereocenters. The number of nitrogens with zero attached hydrogens (tertiary/aromatic N) is 1. The highest BCUT2D eigenvalue weighted by molar-refractivity contribution is 5.78. The van der Waals surface area contributed by atoms with Gasteiger partial charge in [0.05, 0.1) is 33.6 Å². The van der Waals surface area contributed by atoms with Crippen LogP contribution in [0.15, 0.2) is 130 Å². The molecule has 2 aromatic heterocycles. The number of nitrogens with one attached hydrogen (secondary N) is 1. The van der Waals surface area contributed by atoms with E-state index in [9.17, 15) is 0 Å². The Morgan fingerprint density at radius 2 is 1.54 bits per heavy atom. The van der Waals surface area contributed by atoms with E-state index < -0.39 is 0 Å². The number of hydroxylamine groups is 1. The average Bonchev–Trinajstić information content (AvgIpc) is 3.78. The van der Waals surface area contributed by atoms with E-state index in [0.29, 0.717) is 13.2 Å². The first kappa shape index (κ1) is 31.2. The van der Waals surface area contributed by atoms with Crippen molar-refractivity contribution >= 4 is 11.0 Å².